The second kappa shape index (κ2) is 5.14. The average Bonchev–Trinajstić information content (AvgIpc) is 2.86. The zero-order chi connectivity index (χ0) is 12.3. The number of aliphatic hydroxyl groups excluding tert-OH is 1. The van der Waals surface area contributed by atoms with Crippen molar-refractivity contribution in [3.63, 3.8) is 0 Å². The van der Waals surface area contributed by atoms with Crippen LogP contribution in [0, 0.1) is 5.92 Å². The van der Waals surface area contributed by atoms with E-state index >= 15 is 0 Å². The molecule has 5 nitrogen and oxygen atoms in total. The van der Waals surface area contributed by atoms with Gasteiger partial charge in [0.25, 0.3) is 5.91 Å². The molecule has 0 radical (unpaired) electrons. The molecule has 1 aromatic rings. The van der Waals surface area contributed by atoms with E-state index in [1.807, 2.05) is 0 Å². The third kappa shape index (κ3) is 2.39. The van der Waals surface area contributed by atoms with Crippen molar-refractivity contribution in [2.45, 2.75) is 6.42 Å². The molecule has 92 valence electrons. The van der Waals surface area contributed by atoms with Gasteiger partial charge in [-0.1, -0.05) is 0 Å². The molecule has 1 fully saturated rings. The first-order valence-corrected chi connectivity index (χ1v) is 5.64. The minimum absolute atomic E-state index is 0.0554. The minimum Gasteiger partial charge on any atom is -0.494 e. The van der Waals surface area contributed by atoms with Crippen molar-refractivity contribution in [2.24, 2.45) is 5.92 Å². The van der Waals surface area contributed by atoms with E-state index in [1.54, 1.807) is 17.2 Å². The number of pyridine rings is 1. The first kappa shape index (κ1) is 11.9. The molecule has 2 rings (SSSR count). The number of hydrogen-bond acceptors (Lipinski definition) is 4. The molecule has 1 aliphatic rings. The number of aliphatic hydroxyl groups is 1. The molecule has 0 spiro atoms. The number of ether oxygens (including phenoxy) is 1. The smallest absolute Gasteiger partial charge is 0.257 e. The highest BCUT2D eigenvalue weighted by atomic mass is 16.5. The molecule has 1 aliphatic heterocycles. The molecule has 0 aromatic carbocycles. The van der Waals surface area contributed by atoms with Gasteiger partial charge in [-0.25, -0.2) is 0 Å². The van der Waals surface area contributed by atoms with Gasteiger partial charge in [-0.05, 0) is 12.5 Å². The van der Waals surface area contributed by atoms with Gasteiger partial charge in [-0.2, -0.15) is 0 Å². The third-order valence-corrected chi connectivity index (χ3v) is 3.07. The standard InChI is InChI=1S/C12H16N2O3/c1-17-11-6-13-4-2-10(11)12(16)14-5-3-9(7-14)8-15/h2,4,6,9,15H,3,5,7-8H2,1H3. The van der Waals surface area contributed by atoms with Crippen molar-refractivity contribution in [2.75, 3.05) is 26.8 Å². The molecule has 1 saturated heterocycles. The Labute approximate surface area is 100 Å². The third-order valence-electron chi connectivity index (χ3n) is 3.07. The highest BCUT2D eigenvalue weighted by molar-refractivity contribution is 5.96. The molecule has 1 unspecified atom stereocenters. The second-order valence-corrected chi connectivity index (χ2v) is 4.16. The lowest BCUT2D eigenvalue weighted by Gasteiger charge is -2.17. The molecular weight excluding hydrogens is 220 g/mol. The number of aromatic nitrogens is 1. The van der Waals surface area contributed by atoms with Crippen molar-refractivity contribution in [1.82, 2.24) is 9.88 Å². The number of methoxy groups -OCH3 is 1. The fraction of sp³-hybridized carbons (Fsp3) is 0.500. The fourth-order valence-corrected chi connectivity index (χ4v) is 2.06. The second-order valence-electron chi connectivity index (χ2n) is 4.16. The average molecular weight is 236 g/mol. The number of carbonyl (C=O) groups is 1. The Balaban J connectivity index is 2.15. The molecule has 1 N–H and O–H groups in total. The van der Waals surface area contributed by atoms with Crippen molar-refractivity contribution >= 4 is 5.91 Å². The lowest BCUT2D eigenvalue weighted by Crippen LogP contribution is -2.29. The molecule has 2 heterocycles. The summed E-state index contributed by atoms with van der Waals surface area (Å²) in [7, 11) is 1.52. The summed E-state index contributed by atoms with van der Waals surface area (Å²) in [5.74, 6) is 0.636. The number of hydrogen-bond donors (Lipinski definition) is 1. The Bertz CT molecular complexity index is 408. The predicted octanol–water partition coefficient (Wildman–Crippen LogP) is 0.545. The summed E-state index contributed by atoms with van der Waals surface area (Å²) < 4.78 is 5.12. The molecule has 0 saturated carbocycles. The van der Waals surface area contributed by atoms with E-state index in [1.165, 1.54) is 13.3 Å². The number of carbonyl (C=O) groups excluding carboxylic acids is 1. The Kier molecular flexibility index (Phi) is 3.58. The predicted molar refractivity (Wildman–Crippen MR) is 61.9 cm³/mol. The van der Waals surface area contributed by atoms with Crippen LogP contribution >= 0.6 is 0 Å². The highest BCUT2D eigenvalue weighted by Gasteiger charge is 2.27. The lowest BCUT2D eigenvalue weighted by atomic mass is 10.1. The van der Waals surface area contributed by atoms with Gasteiger partial charge in [0, 0.05) is 31.8 Å². The van der Waals surface area contributed by atoms with Crippen LogP contribution in [0.25, 0.3) is 0 Å². The summed E-state index contributed by atoms with van der Waals surface area (Å²) in [6.45, 7) is 1.44. The molecule has 0 bridgehead atoms. The van der Waals surface area contributed by atoms with Crippen LogP contribution < -0.4 is 4.74 Å². The number of amides is 1. The Hall–Kier alpha value is -1.62. The van der Waals surface area contributed by atoms with Gasteiger partial charge in [0.15, 0.2) is 0 Å². The topological polar surface area (TPSA) is 62.7 Å². The number of nitrogens with zero attached hydrogens (tertiary/aromatic N) is 2. The normalized spacial score (nSPS) is 19.4. The maximum Gasteiger partial charge on any atom is 0.257 e. The Morgan fingerprint density at radius 3 is 3.18 bits per heavy atom. The molecule has 1 aromatic heterocycles. The summed E-state index contributed by atoms with van der Waals surface area (Å²) in [4.78, 5) is 17.9. The van der Waals surface area contributed by atoms with Crippen LogP contribution in [0.15, 0.2) is 18.5 Å². The van der Waals surface area contributed by atoms with Crippen LogP contribution in [0.5, 0.6) is 5.75 Å². The van der Waals surface area contributed by atoms with Crippen molar-refractivity contribution in [3.05, 3.63) is 24.0 Å². The van der Waals surface area contributed by atoms with E-state index in [2.05, 4.69) is 4.98 Å². The molecule has 17 heavy (non-hydrogen) atoms. The number of rotatable bonds is 3. The zero-order valence-corrected chi connectivity index (χ0v) is 9.80. The summed E-state index contributed by atoms with van der Waals surface area (Å²) in [5, 5.41) is 9.06. The maximum absolute atomic E-state index is 12.2. The van der Waals surface area contributed by atoms with E-state index in [-0.39, 0.29) is 18.4 Å². The molecule has 0 aliphatic carbocycles. The first-order valence-electron chi connectivity index (χ1n) is 5.64. The summed E-state index contributed by atoms with van der Waals surface area (Å²) in [6.07, 6.45) is 3.97. The fourth-order valence-electron chi connectivity index (χ4n) is 2.06. The van der Waals surface area contributed by atoms with Gasteiger partial charge in [0.2, 0.25) is 0 Å². The van der Waals surface area contributed by atoms with Crippen LogP contribution in [0.3, 0.4) is 0 Å². The molecule has 1 atom stereocenters. The molecular formula is C12H16N2O3. The quantitative estimate of drug-likeness (QED) is 0.832. The van der Waals surface area contributed by atoms with Gasteiger partial charge in [-0.15, -0.1) is 0 Å². The van der Waals surface area contributed by atoms with Crippen LogP contribution in [0.1, 0.15) is 16.8 Å². The number of likely N-dealkylation sites (tertiary alicyclic amines) is 1. The van der Waals surface area contributed by atoms with Gasteiger partial charge in [0.05, 0.1) is 18.9 Å². The summed E-state index contributed by atoms with van der Waals surface area (Å²) >= 11 is 0. The van der Waals surface area contributed by atoms with E-state index in [0.717, 1.165) is 6.42 Å². The largest absolute Gasteiger partial charge is 0.494 e. The van der Waals surface area contributed by atoms with Crippen LogP contribution in [0.2, 0.25) is 0 Å². The minimum atomic E-state index is -0.0554. The van der Waals surface area contributed by atoms with Crippen molar-refractivity contribution < 1.29 is 14.6 Å². The van der Waals surface area contributed by atoms with Crippen LogP contribution in [0.4, 0.5) is 0 Å². The van der Waals surface area contributed by atoms with Gasteiger partial charge in [0.1, 0.15) is 5.75 Å². The van der Waals surface area contributed by atoms with Crippen molar-refractivity contribution in [3.8, 4) is 5.75 Å². The zero-order valence-electron chi connectivity index (χ0n) is 9.80. The first-order chi connectivity index (χ1) is 8.26. The SMILES string of the molecule is COc1cnccc1C(=O)N1CCC(CO)C1. The monoisotopic (exact) mass is 236 g/mol. The van der Waals surface area contributed by atoms with Crippen LogP contribution in [-0.2, 0) is 0 Å². The van der Waals surface area contributed by atoms with Crippen LogP contribution in [-0.4, -0.2) is 47.7 Å². The van der Waals surface area contributed by atoms with E-state index in [9.17, 15) is 4.79 Å². The van der Waals surface area contributed by atoms with E-state index in [4.69, 9.17) is 9.84 Å². The Morgan fingerprint density at radius 2 is 2.53 bits per heavy atom. The van der Waals surface area contributed by atoms with E-state index < -0.39 is 0 Å². The maximum atomic E-state index is 12.2. The molecule has 1 amide bonds. The summed E-state index contributed by atoms with van der Waals surface area (Å²) in [5.41, 5.74) is 0.529. The Morgan fingerprint density at radius 1 is 1.71 bits per heavy atom. The van der Waals surface area contributed by atoms with Gasteiger partial charge < -0.3 is 14.7 Å². The van der Waals surface area contributed by atoms with Gasteiger partial charge >= 0.3 is 0 Å². The van der Waals surface area contributed by atoms with E-state index in [0.29, 0.717) is 24.4 Å². The van der Waals surface area contributed by atoms with Gasteiger partial charge in [-0.3, -0.25) is 9.78 Å². The lowest BCUT2D eigenvalue weighted by molar-refractivity contribution is 0.0778. The highest BCUT2D eigenvalue weighted by Crippen LogP contribution is 2.22. The summed E-state index contributed by atoms with van der Waals surface area (Å²) in [6, 6.07) is 1.66. The van der Waals surface area contributed by atoms with Crippen molar-refractivity contribution in [1.29, 1.82) is 0 Å². The molecule has 5 heteroatoms.